The summed E-state index contributed by atoms with van der Waals surface area (Å²) < 4.78 is 11.3. The molecule has 1 aliphatic heterocycles. The summed E-state index contributed by atoms with van der Waals surface area (Å²) in [5, 5.41) is 5.33. The number of halogens is 2. The standard InChI is InChI=1S/C28H23Cl2N3O6/c1-3-38-24-13-17(8-11-23(24)39-15-25(34)31-22-7-5-4-6-16(22)2)12-19-26(35)32-28(37)33(27(19)36)18-9-10-20(29)21(30)14-18/h4-14H,3,15H2,1-2H3,(H,31,34)(H,32,35,37)/b19-12-. The van der Waals surface area contributed by atoms with E-state index < -0.39 is 17.8 Å². The van der Waals surface area contributed by atoms with E-state index in [9.17, 15) is 19.2 Å². The molecule has 3 aromatic carbocycles. The van der Waals surface area contributed by atoms with Gasteiger partial charge in [0.15, 0.2) is 18.1 Å². The van der Waals surface area contributed by atoms with E-state index >= 15 is 0 Å². The Morgan fingerprint density at radius 1 is 0.974 bits per heavy atom. The molecule has 0 saturated carbocycles. The van der Waals surface area contributed by atoms with E-state index in [2.05, 4.69) is 10.6 Å². The van der Waals surface area contributed by atoms with E-state index in [1.165, 1.54) is 24.3 Å². The van der Waals surface area contributed by atoms with Crippen molar-refractivity contribution in [2.75, 3.05) is 23.4 Å². The van der Waals surface area contributed by atoms with Gasteiger partial charge in [0.1, 0.15) is 5.57 Å². The monoisotopic (exact) mass is 567 g/mol. The number of para-hydroxylation sites is 1. The second kappa shape index (κ2) is 12.0. The molecule has 2 N–H and O–H groups in total. The lowest BCUT2D eigenvalue weighted by Gasteiger charge is -2.26. The first-order valence-corrected chi connectivity index (χ1v) is 12.5. The number of nitrogens with one attached hydrogen (secondary N) is 2. The average molecular weight is 568 g/mol. The maximum atomic E-state index is 13.2. The van der Waals surface area contributed by atoms with E-state index in [-0.39, 0.29) is 33.8 Å². The Kier molecular flexibility index (Phi) is 8.53. The third-order valence-corrected chi connectivity index (χ3v) is 6.36. The quantitative estimate of drug-likeness (QED) is 0.279. The number of urea groups is 1. The maximum absolute atomic E-state index is 13.2. The summed E-state index contributed by atoms with van der Waals surface area (Å²) in [6, 6.07) is 15.4. The second-order valence-electron chi connectivity index (χ2n) is 8.35. The molecular formula is C28H23Cl2N3O6. The number of imide groups is 2. The number of nitrogens with zero attached hydrogens (tertiary/aromatic N) is 1. The molecule has 4 rings (SSSR count). The van der Waals surface area contributed by atoms with E-state index in [0.717, 1.165) is 10.5 Å². The Labute approximate surface area is 234 Å². The van der Waals surface area contributed by atoms with Crippen molar-refractivity contribution in [3.63, 3.8) is 0 Å². The Bertz CT molecular complexity index is 1500. The molecule has 0 atom stereocenters. The van der Waals surface area contributed by atoms with Crippen LogP contribution in [0.1, 0.15) is 18.1 Å². The number of amides is 5. The van der Waals surface area contributed by atoms with Crippen molar-refractivity contribution in [1.29, 1.82) is 0 Å². The molecule has 0 aliphatic carbocycles. The largest absolute Gasteiger partial charge is 0.490 e. The number of anilines is 2. The lowest BCUT2D eigenvalue weighted by molar-refractivity contribution is -0.122. The summed E-state index contributed by atoms with van der Waals surface area (Å²) in [7, 11) is 0. The highest BCUT2D eigenvalue weighted by Crippen LogP contribution is 2.32. The predicted molar refractivity (Wildman–Crippen MR) is 148 cm³/mol. The van der Waals surface area contributed by atoms with Gasteiger partial charge in [-0.15, -0.1) is 0 Å². The van der Waals surface area contributed by atoms with Crippen LogP contribution >= 0.6 is 23.2 Å². The molecule has 1 saturated heterocycles. The van der Waals surface area contributed by atoms with Gasteiger partial charge in [-0.2, -0.15) is 0 Å². The first kappa shape index (κ1) is 27.7. The zero-order chi connectivity index (χ0) is 28.1. The van der Waals surface area contributed by atoms with Crippen LogP contribution in [0.4, 0.5) is 16.2 Å². The van der Waals surface area contributed by atoms with Crippen molar-refractivity contribution in [3.8, 4) is 11.5 Å². The van der Waals surface area contributed by atoms with Gasteiger partial charge >= 0.3 is 6.03 Å². The van der Waals surface area contributed by atoms with Gasteiger partial charge in [-0.3, -0.25) is 19.7 Å². The molecule has 1 fully saturated rings. The summed E-state index contributed by atoms with van der Waals surface area (Å²) >= 11 is 12.0. The second-order valence-corrected chi connectivity index (χ2v) is 9.16. The summed E-state index contributed by atoms with van der Waals surface area (Å²) in [6.45, 7) is 3.69. The van der Waals surface area contributed by atoms with Crippen molar-refractivity contribution in [2.45, 2.75) is 13.8 Å². The number of carbonyl (C=O) groups is 4. The van der Waals surface area contributed by atoms with Crippen LogP contribution in [0.5, 0.6) is 11.5 Å². The highest BCUT2D eigenvalue weighted by atomic mass is 35.5. The first-order valence-electron chi connectivity index (χ1n) is 11.8. The van der Waals surface area contributed by atoms with E-state index in [4.69, 9.17) is 32.7 Å². The highest BCUT2D eigenvalue weighted by Gasteiger charge is 2.37. The number of hydrogen-bond acceptors (Lipinski definition) is 6. The molecule has 0 aromatic heterocycles. The molecule has 11 heteroatoms. The highest BCUT2D eigenvalue weighted by molar-refractivity contribution is 6.43. The fraction of sp³-hybridized carbons (Fsp3) is 0.143. The van der Waals surface area contributed by atoms with Gasteiger partial charge in [-0.1, -0.05) is 47.5 Å². The molecule has 9 nitrogen and oxygen atoms in total. The molecule has 200 valence electrons. The third-order valence-electron chi connectivity index (χ3n) is 5.62. The summed E-state index contributed by atoms with van der Waals surface area (Å²) in [4.78, 5) is 51.4. The van der Waals surface area contributed by atoms with Crippen molar-refractivity contribution in [3.05, 3.63) is 87.4 Å². The third kappa shape index (κ3) is 6.39. The van der Waals surface area contributed by atoms with Crippen molar-refractivity contribution in [1.82, 2.24) is 5.32 Å². The van der Waals surface area contributed by atoms with E-state index in [1.54, 1.807) is 31.2 Å². The van der Waals surface area contributed by atoms with Crippen LogP contribution in [0.2, 0.25) is 10.0 Å². The zero-order valence-electron chi connectivity index (χ0n) is 20.9. The van der Waals surface area contributed by atoms with Crippen LogP contribution in [-0.4, -0.2) is 37.0 Å². The molecule has 0 radical (unpaired) electrons. The van der Waals surface area contributed by atoms with Gasteiger partial charge < -0.3 is 14.8 Å². The van der Waals surface area contributed by atoms with Crippen LogP contribution in [0.3, 0.4) is 0 Å². The topological polar surface area (TPSA) is 114 Å². The van der Waals surface area contributed by atoms with Crippen LogP contribution in [0, 0.1) is 6.92 Å². The van der Waals surface area contributed by atoms with Crippen LogP contribution < -0.4 is 25.0 Å². The maximum Gasteiger partial charge on any atom is 0.335 e. The van der Waals surface area contributed by atoms with Crippen LogP contribution in [-0.2, 0) is 14.4 Å². The number of barbiturate groups is 1. The van der Waals surface area contributed by atoms with Crippen molar-refractivity contribution in [2.24, 2.45) is 0 Å². The molecule has 1 aliphatic rings. The normalized spacial score (nSPS) is 14.3. The van der Waals surface area contributed by atoms with Crippen molar-refractivity contribution >= 4 is 64.4 Å². The van der Waals surface area contributed by atoms with Gasteiger partial charge in [0.05, 0.1) is 22.3 Å². The van der Waals surface area contributed by atoms with Crippen LogP contribution in [0.15, 0.2) is 66.2 Å². The molecule has 0 spiro atoms. The minimum Gasteiger partial charge on any atom is -0.490 e. The fourth-order valence-electron chi connectivity index (χ4n) is 3.73. The zero-order valence-corrected chi connectivity index (χ0v) is 22.4. The Morgan fingerprint density at radius 3 is 2.46 bits per heavy atom. The number of ether oxygens (including phenoxy) is 2. The number of aryl methyl sites for hydroxylation is 1. The van der Waals surface area contributed by atoms with Gasteiger partial charge in [0, 0.05) is 5.69 Å². The van der Waals surface area contributed by atoms with Gasteiger partial charge in [0.25, 0.3) is 17.7 Å². The van der Waals surface area contributed by atoms with Gasteiger partial charge in [0.2, 0.25) is 0 Å². The molecule has 0 bridgehead atoms. The van der Waals surface area contributed by atoms with Crippen molar-refractivity contribution < 1.29 is 28.7 Å². The summed E-state index contributed by atoms with van der Waals surface area (Å²) in [5.41, 5.74) is 1.89. The Hall–Kier alpha value is -4.34. The SMILES string of the molecule is CCOc1cc(/C=C2/C(=O)NC(=O)N(c3ccc(Cl)c(Cl)c3)C2=O)ccc1OCC(=O)Nc1ccccc1C. The molecule has 3 aromatic rings. The number of carbonyl (C=O) groups excluding carboxylic acids is 4. The lowest BCUT2D eigenvalue weighted by Crippen LogP contribution is -2.54. The van der Waals surface area contributed by atoms with Gasteiger partial charge in [-0.05, 0) is 67.4 Å². The van der Waals surface area contributed by atoms with Crippen LogP contribution in [0.25, 0.3) is 6.08 Å². The number of benzene rings is 3. The van der Waals surface area contributed by atoms with E-state index in [0.29, 0.717) is 29.4 Å². The molecule has 1 heterocycles. The number of hydrogen-bond donors (Lipinski definition) is 2. The molecule has 0 unspecified atom stereocenters. The van der Waals surface area contributed by atoms with Gasteiger partial charge in [-0.25, -0.2) is 9.69 Å². The molecule has 5 amide bonds. The minimum atomic E-state index is -0.914. The van der Waals surface area contributed by atoms with E-state index in [1.807, 2.05) is 25.1 Å². The smallest absolute Gasteiger partial charge is 0.335 e. The fourth-order valence-corrected chi connectivity index (χ4v) is 4.02. The minimum absolute atomic E-state index is 0.140. The Morgan fingerprint density at radius 2 is 1.74 bits per heavy atom. The summed E-state index contributed by atoms with van der Waals surface area (Å²) in [5.74, 6) is -1.45. The lowest BCUT2D eigenvalue weighted by atomic mass is 10.1. The predicted octanol–water partition coefficient (Wildman–Crippen LogP) is 5.38. The first-order chi connectivity index (χ1) is 18.7. The Balaban J connectivity index is 1.55. The molecule has 39 heavy (non-hydrogen) atoms. The molecular weight excluding hydrogens is 545 g/mol. The average Bonchev–Trinajstić information content (AvgIpc) is 2.89. The summed E-state index contributed by atoms with van der Waals surface area (Å²) in [6.07, 6.45) is 1.33. The number of rotatable bonds is 8.